The highest BCUT2D eigenvalue weighted by atomic mass is 16.5. The summed E-state index contributed by atoms with van der Waals surface area (Å²) in [6.45, 7) is 9.05. The molecule has 0 aromatic carbocycles. The fourth-order valence-electron chi connectivity index (χ4n) is 2.55. The van der Waals surface area contributed by atoms with Gasteiger partial charge in [0.2, 0.25) is 0 Å². The van der Waals surface area contributed by atoms with Gasteiger partial charge in [-0.2, -0.15) is 0 Å². The van der Waals surface area contributed by atoms with Crippen LogP contribution in [0, 0.1) is 5.92 Å². The average molecular weight is 257 g/mol. The lowest BCUT2D eigenvalue weighted by molar-refractivity contribution is 0.0174. The maximum Gasteiger partial charge on any atom is 0.0594 e. The minimum absolute atomic E-state index is 0.522. The van der Waals surface area contributed by atoms with Crippen molar-refractivity contribution in [1.29, 1.82) is 0 Å². The third-order valence-electron chi connectivity index (χ3n) is 3.62. The molecule has 108 valence electrons. The van der Waals surface area contributed by atoms with E-state index in [4.69, 9.17) is 9.47 Å². The van der Waals surface area contributed by atoms with E-state index in [0.717, 1.165) is 45.2 Å². The Balaban J connectivity index is 1.80. The van der Waals surface area contributed by atoms with Crippen molar-refractivity contribution in [2.75, 3.05) is 32.9 Å². The molecule has 1 saturated carbocycles. The van der Waals surface area contributed by atoms with Gasteiger partial charge in [-0.05, 0) is 45.1 Å². The zero-order valence-corrected chi connectivity index (χ0v) is 12.2. The number of unbranched alkanes of at least 4 members (excludes halogenated alkanes) is 1. The Morgan fingerprint density at radius 2 is 2.00 bits per heavy atom. The lowest BCUT2D eigenvalue weighted by atomic mass is 9.89. The molecular formula is C15H31NO2. The molecule has 0 aromatic heterocycles. The standard InChI is InChI=1S/C15H31NO2/c1-3-17-11-5-4-9-16-10-12-18-15-8-6-7-14(2)13-15/h14-16H,3-13H2,1-2H3. The zero-order chi connectivity index (χ0) is 13.1. The molecular weight excluding hydrogens is 226 g/mol. The van der Waals surface area contributed by atoms with Crippen LogP contribution >= 0.6 is 0 Å². The highest BCUT2D eigenvalue weighted by Crippen LogP contribution is 2.25. The van der Waals surface area contributed by atoms with Gasteiger partial charge in [-0.3, -0.25) is 0 Å². The quantitative estimate of drug-likeness (QED) is 0.610. The Kier molecular flexibility index (Phi) is 9.54. The molecule has 1 aliphatic carbocycles. The lowest BCUT2D eigenvalue weighted by Gasteiger charge is -2.26. The molecule has 1 rings (SSSR count). The molecule has 1 aliphatic rings. The second-order valence-electron chi connectivity index (χ2n) is 5.42. The fraction of sp³-hybridized carbons (Fsp3) is 1.00. The van der Waals surface area contributed by atoms with E-state index in [9.17, 15) is 0 Å². The van der Waals surface area contributed by atoms with E-state index in [1.807, 2.05) is 6.92 Å². The molecule has 1 N–H and O–H groups in total. The summed E-state index contributed by atoms with van der Waals surface area (Å²) in [7, 11) is 0. The minimum atomic E-state index is 0.522. The summed E-state index contributed by atoms with van der Waals surface area (Å²) in [6, 6.07) is 0. The predicted molar refractivity (Wildman–Crippen MR) is 76.0 cm³/mol. The van der Waals surface area contributed by atoms with Crippen LogP contribution in [0.2, 0.25) is 0 Å². The summed E-state index contributed by atoms with van der Waals surface area (Å²) >= 11 is 0. The molecule has 0 aliphatic heterocycles. The SMILES string of the molecule is CCOCCCCNCCOC1CCCC(C)C1. The molecule has 0 bridgehead atoms. The van der Waals surface area contributed by atoms with E-state index >= 15 is 0 Å². The molecule has 18 heavy (non-hydrogen) atoms. The minimum Gasteiger partial charge on any atom is -0.382 e. The van der Waals surface area contributed by atoms with E-state index in [1.54, 1.807) is 0 Å². The molecule has 0 radical (unpaired) electrons. The van der Waals surface area contributed by atoms with E-state index in [1.165, 1.54) is 32.1 Å². The van der Waals surface area contributed by atoms with Crippen molar-refractivity contribution < 1.29 is 9.47 Å². The molecule has 0 amide bonds. The average Bonchev–Trinajstić information content (AvgIpc) is 2.37. The van der Waals surface area contributed by atoms with Crippen LogP contribution < -0.4 is 5.32 Å². The molecule has 2 unspecified atom stereocenters. The monoisotopic (exact) mass is 257 g/mol. The van der Waals surface area contributed by atoms with E-state index in [2.05, 4.69) is 12.2 Å². The van der Waals surface area contributed by atoms with Crippen molar-refractivity contribution in [3.05, 3.63) is 0 Å². The van der Waals surface area contributed by atoms with Crippen LogP contribution in [-0.2, 0) is 9.47 Å². The van der Waals surface area contributed by atoms with E-state index < -0.39 is 0 Å². The molecule has 3 nitrogen and oxygen atoms in total. The van der Waals surface area contributed by atoms with E-state index in [0.29, 0.717) is 6.10 Å². The summed E-state index contributed by atoms with van der Waals surface area (Å²) in [4.78, 5) is 0. The zero-order valence-electron chi connectivity index (χ0n) is 12.2. The molecule has 0 heterocycles. The summed E-state index contributed by atoms with van der Waals surface area (Å²) in [5, 5.41) is 3.43. The number of rotatable bonds is 10. The molecule has 0 saturated heterocycles. The van der Waals surface area contributed by atoms with Crippen molar-refractivity contribution in [1.82, 2.24) is 5.32 Å². The predicted octanol–water partition coefficient (Wildman–Crippen LogP) is 2.99. The summed E-state index contributed by atoms with van der Waals surface area (Å²) in [6.07, 6.45) is 8.12. The third-order valence-corrected chi connectivity index (χ3v) is 3.62. The first-order valence-electron chi connectivity index (χ1n) is 7.73. The number of hydrogen-bond acceptors (Lipinski definition) is 3. The van der Waals surface area contributed by atoms with Crippen molar-refractivity contribution in [2.24, 2.45) is 5.92 Å². The van der Waals surface area contributed by atoms with Crippen molar-refractivity contribution >= 4 is 0 Å². The Bertz CT molecular complexity index is 187. The van der Waals surface area contributed by atoms with Crippen LogP contribution in [0.25, 0.3) is 0 Å². The highest BCUT2D eigenvalue weighted by Gasteiger charge is 2.18. The molecule has 3 heteroatoms. The van der Waals surface area contributed by atoms with Gasteiger partial charge in [0.05, 0.1) is 12.7 Å². The van der Waals surface area contributed by atoms with Gasteiger partial charge in [0.1, 0.15) is 0 Å². The van der Waals surface area contributed by atoms with Crippen LogP contribution in [-0.4, -0.2) is 39.0 Å². The number of ether oxygens (including phenoxy) is 2. The van der Waals surface area contributed by atoms with Crippen molar-refractivity contribution in [2.45, 2.75) is 58.5 Å². The van der Waals surface area contributed by atoms with E-state index in [-0.39, 0.29) is 0 Å². The summed E-state index contributed by atoms with van der Waals surface area (Å²) in [5.74, 6) is 0.857. The maximum absolute atomic E-state index is 5.91. The smallest absolute Gasteiger partial charge is 0.0594 e. The largest absolute Gasteiger partial charge is 0.382 e. The molecule has 0 aromatic rings. The molecule has 0 spiro atoms. The lowest BCUT2D eigenvalue weighted by Crippen LogP contribution is -2.27. The van der Waals surface area contributed by atoms with Crippen LogP contribution in [0.15, 0.2) is 0 Å². The number of hydrogen-bond donors (Lipinski definition) is 1. The van der Waals surface area contributed by atoms with Gasteiger partial charge in [-0.25, -0.2) is 0 Å². The Morgan fingerprint density at radius 1 is 1.11 bits per heavy atom. The second kappa shape index (κ2) is 10.8. The first kappa shape index (κ1) is 15.9. The van der Waals surface area contributed by atoms with Gasteiger partial charge < -0.3 is 14.8 Å². The van der Waals surface area contributed by atoms with Gasteiger partial charge in [-0.15, -0.1) is 0 Å². The normalized spacial score (nSPS) is 24.3. The Morgan fingerprint density at radius 3 is 2.78 bits per heavy atom. The summed E-state index contributed by atoms with van der Waals surface area (Å²) < 4.78 is 11.2. The molecule has 1 fully saturated rings. The number of nitrogens with one attached hydrogen (secondary N) is 1. The van der Waals surface area contributed by atoms with Gasteiger partial charge in [-0.1, -0.05) is 19.8 Å². The second-order valence-corrected chi connectivity index (χ2v) is 5.42. The van der Waals surface area contributed by atoms with Gasteiger partial charge >= 0.3 is 0 Å². The van der Waals surface area contributed by atoms with Crippen LogP contribution in [0.3, 0.4) is 0 Å². The van der Waals surface area contributed by atoms with Crippen LogP contribution in [0.4, 0.5) is 0 Å². The Labute approximate surface area is 113 Å². The van der Waals surface area contributed by atoms with Crippen molar-refractivity contribution in [3.63, 3.8) is 0 Å². The van der Waals surface area contributed by atoms with Gasteiger partial charge in [0.25, 0.3) is 0 Å². The topological polar surface area (TPSA) is 30.5 Å². The highest BCUT2D eigenvalue weighted by molar-refractivity contribution is 4.70. The third kappa shape index (κ3) is 8.06. The summed E-state index contributed by atoms with van der Waals surface area (Å²) in [5.41, 5.74) is 0. The maximum atomic E-state index is 5.91. The van der Waals surface area contributed by atoms with Gasteiger partial charge in [0.15, 0.2) is 0 Å². The van der Waals surface area contributed by atoms with Gasteiger partial charge in [0, 0.05) is 19.8 Å². The van der Waals surface area contributed by atoms with Crippen LogP contribution in [0.5, 0.6) is 0 Å². The Hall–Kier alpha value is -0.120. The first-order valence-corrected chi connectivity index (χ1v) is 7.73. The first-order chi connectivity index (χ1) is 8.83. The van der Waals surface area contributed by atoms with Crippen molar-refractivity contribution in [3.8, 4) is 0 Å². The fourth-order valence-corrected chi connectivity index (χ4v) is 2.55. The molecule has 2 atom stereocenters. The van der Waals surface area contributed by atoms with Crippen LogP contribution in [0.1, 0.15) is 52.4 Å².